The number of pyridine rings is 1. The molecule has 2 aliphatic heterocycles. The number of fused-ring (bicyclic) bond motifs is 2. The molecule has 0 unspecified atom stereocenters. The van der Waals surface area contributed by atoms with Crippen LogP contribution in [-0.2, 0) is 7.05 Å². The van der Waals surface area contributed by atoms with E-state index in [1.54, 1.807) is 7.05 Å². The molecule has 0 amide bonds. The number of aromatic nitrogens is 3. The van der Waals surface area contributed by atoms with Crippen LogP contribution in [0.2, 0.25) is 5.15 Å². The molecule has 0 spiro atoms. The number of likely N-dealkylation sites (N-methyl/N-ethyl adjacent to an activating group) is 1. The average Bonchev–Trinajstić information content (AvgIpc) is 2.84. The van der Waals surface area contributed by atoms with Crippen LogP contribution in [0.4, 0.5) is 17.2 Å². The Labute approximate surface area is 151 Å². The minimum absolute atomic E-state index is 0.243. The first kappa shape index (κ1) is 16.4. The zero-order valence-electron chi connectivity index (χ0n) is 14.3. The minimum atomic E-state index is -0.243. The van der Waals surface area contributed by atoms with Gasteiger partial charge in [-0.25, -0.2) is 9.67 Å². The van der Waals surface area contributed by atoms with Gasteiger partial charge in [-0.3, -0.25) is 4.79 Å². The quantitative estimate of drug-likeness (QED) is 0.901. The van der Waals surface area contributed by atoms with Crippen molar-refractivity contribution in [2.75, 3.05) is 30.4 Å². The summed E-state index contributed by atoms with van der Waals surface area (Å²) in [6.07, 6.45) is 4.35. The maximum absolute atomic E-state index is 12.1. The van der Waals surface area contributed by atoms with E-state index in [0.717, 1.165) is 18.8 Å². The summed E-state index contributed by atoms with van der Waals surface area (Å²) in [5.74, 6) is 0.615. The van der Waals surface area contributed by atoms with Crippen molar-refractivity contribution >= 4 is 28.8 Å². The third-order valence-electron chi connectivity index (χ3n) is 5.01. The summed E-state index contributed by atoms with van der Waals surface area (Å²) in [5, 5.41) is 7.17. The summed E-state index contributed by atoms with van der Waals surface area (Å²) < 4.78 is 1.21. The number of likely N-dealkylation sites (tertiary alicyclic amines) is 1. The topological polar surface area (TPSA) is 66.3 Å². The van der Waals surface area contributed by atoms with Gasteiger partial charge in [0.25, 0.3) is 5.56 Å². The van der Waals surface area contributed by atoms with Gasteiger partial charge < -0.3 is 15.1 Å². The minimum Gasteiger partial charge on any atom is -0.362 e. The van der Waals surface area contributed by atoms with Crippen molar-refractivity contribution in [2.45, 2.75) is 24.9 Å². The Hall–Kier alpha value is -2.12. The Morgan fingerprint density at radius 1 is 1.20 bits per heavy atom. The van der Waals surface area contributed by atoms with Crippen LogP contribution in [0.1, 0.15) is 12.8 Å². The number of hydrogen-bond donors (Lipinski definition) is 1. The van der Waals surface area contributed by atoms with Crippen LogP contribution >= 0.6 is 11.6 Å². The number of piperazine rings is 1. The highest BCUT2D eigenvalue weighted by atomic mass is 35.5. The standard InChI is InChI=1S/C17H21ClN6O/c1-22-9-12-3-4-13(10-22)24(12)11-5-6-16(19-8-11)20-14-7-15(18)21-23(2)17(14)25/h5-8,12-13H,3-4,9-10H2,1-2H3,(H,19,20)/t12-,13+. The summed E-state index contributed by atoms with van der Waals surface area (Å²) in [5.41, 5.74) is 1.27. The van der Waals surface area contributed by atoms with Crippen molar-refractivity contribution in [1.82, 2.24) is 19.7 Å². The predicted octanol–water partition coefficient (Wildman–Crippen LogP) is 1.86. The Morgan fingerprint density at radius 2 is 1.92 bits per heavy atom. The van der Waals surface area contributed by atoms with Crippen LogP contribution in [-0.4, -0.2) is 51.9 Å². The van der Waals surface area contributed by atoms with Gasteiger partial charge in [0.1, 0.15) is 11.5 Å². The van der Waals surface area contributed by atoms with Crippen LogP contribution in [0.5, 0.6) is 0 Å². The first-order chi connectivity index (χ1) is 12.0. The van der Waals surface area contributed by atoms with E-state index >= 15 is 0 Å². The van der Waals surface area contributed by atoms with Crippen molar-refractivity contribution in [2.24, 2.45) is 7.05 Å². The Morgan fingerprint density at radius 3 is 2.56 bits per heavy atom. The second-order valence-corrected chi connectivity index (χ2v) is 7.24. The lowest BCUT2D eigenvalue weighted by Crippen LogP contribution is -2.52. The summed E-state index contributed by atoms with van der Waals surface area (Å²) in [7, 11) is 3.76. The van der Waals surface area contributed by atoms with E-state index in [0.29, 0.717) is 23.6 Å². The third-order valence-corrected chi connectivity index (χ3v) is 5.19. The fourth-order valence-electron chi connectivity index (χ4n) is 3.95. The van der Waals surface area contributed by atoms with E-state index in [-0.39, 0.29) is 10.7 Å². The van der Waals surface area contributed by atoms with E-state index in [2.05, 4.69) is 38.3 Å². The number of anilines is 3. The molecule has 25 heavy (non-hydrogen) atoms. The van der Waals surface area contributed by atoms with Crippen molar-refractivity contribution in [3.8, 4) is 0 Å². The van der Waals surface area contributed by atoms with E-state index < -0.39 is 0 Å². The number of rotatable bonds is 3. The molecule has 2 aliphatic rings. The van der Waals surface area contributed by atoms with Crippen LogP contribution in [0.25, 0.3) is 0 Å². The van der Waals surface area contributed by atoms with E-state index in [1.165, 1.54) is 23.6 Å². The molecule has 2 fully saturated rings. The molecule has 2 saturated heterocycles. The molecule has 4 rings (SSSR count). The molecule has 0 aliphatic carbocycles. The molecule has 132 valence electrons. The summed E-state index contributed by atoms with van der Waals surface area (Å²) in [6.45, 7) is 2.20. The molecular formula is C17H21ClN6O. The molecule has 4 heterocycles. The first-order valence-corrected chi connectivity index (χ1v) is 8.83. The molecule has 2 aromatic heterocycles. The molecule has 0 saturated carbocycles. The number of nitrogens with zero attached hydrogens (tertiary/aromatic N) is 5. The summed E-state index contributed by atoms with van der Waals surface area (Å²) in [4.78, 5) is 21.5. The third kappa shape index (κ3) is 3.09. The van der Waals surface area contributed by atoms with Crippen LogP contribution in [0, 0.1) is 0 Å². The van der Waals surface area contributed by atoms with Crippen LogP contribution in [0.3, 0.4) is 0 Å². The second-order valence-electron chi connectivity index (χ2n) is 6.85. The maximum atomic E-state index is 12.1. The lowest BCUT2D eigenvalue weighted by atomic mass is 10.2. The molecule has 0 aromatic carbocycles. The molecule has 7 nitrogen and oxygen atoms in total. The molecule has 2 bridgehead atoms. The summed E-state index contributed by atoms with van der Waals surface area (Å²) >= 11 is 5.92. The van der Waals surface area contributed by atoms with Crippen molar-refractivity contribution in [3.63, 3.8) is 0 Å². The molecule has 8 heteroatoms. The number of halogens is 1. The van der Waals surface area contributed by atoms with Gasteiger partial charge in [-0.05, 0) is 32.0 Å². The monoisotopic (exact) mass is 360 g/mol. The average molecular weight is 361 g/mol. The lowest BCUT2D eigenvalue weighted by molar-refractivity contribution is 0.264. The van der Waals surface area contributed by atoms with E-state index in [4.69, 9.17) is 11.6 Å². The van der Waals surface area contributed by atoms with Gasteiger partial charge in [-0.15, -0.1) is 0 Å². The highest BCUT2D eigenvalue weighted by Crippen LogP contribution is 2.34. The lowest BCUT2D eigenvalue weighted by Gasteiger charge is -2.41. The van der Waals surface area contributed by atoms with Gasteiger partial charge in [0.15, 0.2) is 5.15 Å². The number of aryl methyl sites for hydroxylation is 1. The summed E-state index contributed by atoms with van der Waals surface area (Å²) in [6, 6.07) is 6.62. The molecule has 2 atom stereocenters. The first-order valence-electron chi connectivity index (χ1n) is 8.45. The second kappa shape index (κ2) is 6.31. The number of nitrogens with one attached hydrogen (secondary N) is 1. The van der Waals surface area contributed by atoms with Crippen molar-refractivity contribution in [3.05, 3.63) is 39.9 Å². The Balaban J connectivity index is 1.54. The fourth-order valence-corrected chi connectivity index (χ4v) is 4.17. The van der Waals surface area contributed by atoms with Gasteiger partial charge in [0.2, 0.25) is 0 Å². The highest BCUT2D eigenvalue weighted by Gasteiger charge is 2.38. The smallest absolute Gasteiger partial charge is 0.290 e. The molecular weight excluding hydrogens is 340 g/mol. The Kier molecular flexibility index (Phi) is 4.13. The predicted molar refractivity (Wildman–Crippen MR) is 98.8 cm³/mol. The maximum Gasteiger partial charge on any atom is 0.290 e. The highest BCUT2D eigenvalue weighted by molar-refractivity contribution is 6.29. The molecule has 0 radical (unpaired) electrons. The van der Waals surface area contributed by atoms with Gasteiger partial charge in [0.05, 0.1) is 11.9 Å². The van der Waals surface area contributed by atoms with Crippen molar-refractivity contribution in [1.29, 1.82) is 0 Å². The zero-order chi connectivity index (χ0) is 17.6. The van der Waals surface area contributed by atoms with Crippen LogP contribution in [0.15, 0.2) is 29.2 Å². The molecule has 2 aromatic rings. The van der Waals surface area contributed by atoms with Gasteiger partial charge in [0, 0.05) is 38.3 Å². The van der Waals surface area contributed by atoms with Gasteiger partial charge in [-0.2, -0.15) is 5.10 Å². The van der Waals surface area contributed by atoms with E-state index in [9.17, 15) is 4.79 Å². The van der Waals surface area contributed by atoms with Crippen LogP contribution < -0.4 is 15.8 Å². The SMILES string of the molecule is CN1C[C@H]2CC[C@@H](C1)N2c1ccc(Nc2cc(Cl)nn(C)c2=O)nc1. The van der Waals surface area contributed by atoms with E-state index in [1.807, 2.05) is 12.3 Å². The van der Waals surface area contributed by atoms with Crippen molar-refractivity contribution < 1.29 is 0 Å². The van der Waals surface area contributed by atoms with Gasteiger partial charge in [-0.1, -0.05) is 11.6 Å². The Bertz CT molecular complexity index is 822. The fraction of sp³-hybridized carbons (Fsp3) is 0.471. The zero-order valence-corrected chi connectivity index (χ0v) is 15.1. The normalized spacial score (nSPS) is 23.1. The van der Waals surface area contributed by atoms with Gasteiger partial charge >= 0.3 is 0 Å². The number of hydrogen-bond acceptors (Lipinski definition) is 6. The molecule has 1 N–H and O–H groups in total. The largest absolute Gasteiger partial charge is 0.362 e.